The molecule has 1 aromatic heterocycles. The minimum absolute atomic E-state index is 0.210. The second kappa shape index (κ2) is 4.26. The molecule has 3 nitrogen and oxygen atoms in total. The molecule has 0 radical (unpaired) electrons. The lowest BCUT2D eigenvalue weighted by Gasteiger charge is -2.07. The van der Waals surface area contributed by atoms with Gasteiger partial charge in [0.1, 0.15) is 11.5 Å². The van der Waals surface area contributed by atoms with Crippen molar-refractivity contribution >= 4 is 5.82 Å². The van der Waals surface area contributed by atoms with Crippen LogP contribution in [0.15, 0.2) is 30.6 Å². The minimum atomic E-state index is -0.210. The summed E-state index contributed by atoms with van der Waals surface area (Å²) in [7, 11) is 1.78. The number of anilines is 1. The first-order valence-corrected chi connectivity index (χ1v) is 4.97. The largest absolute Gasteiger partial charge is 0.371 e. The van der Waals surface area contributed by atoms with Gasteiger partial charge in [-0.1, -0.05) is 0 Å². The van der Waals surface area contributed by atoms with Crippen LogP contribution in [0, 0.1) is 12.7 Å². The third-order valence-electron chi connectivity index (χ3n) is 2.37. The highest BCUT2D eigenvalue weighted by atomic mass is 19.1. The maximum absolute atomic E-state index is 13.1. The Bertz CT molecular complexity index is 511. The van der Waals surface area contributed by atoms with Gasteiger partial charge in [0, 0.05) is 25.0 Å². The zero-order valence-corrected chi connectivity index (χ0v) is 9.16. The van der Waals surface area contributed by atoms with Crippen LogP contribution < -0.4 is 5.32 Å². The number of nitrogens with one attached hydrogen (secondary N) is 1. The van der Waals surface area contributed by atoms with Crippen molar-refractivity contribution in [2.75, 3.05) is 12.4 Å². The first-order valence-electron chi connectivity index (χ1n) is 4.97. The molecule has 0 aliphatic carbocycles. The molecule has 4 heteroatoms. The monoisotopic (exact) mass is 217 g/mol. The molecule has 0 aliphatic heterocycles. The van der Waals surface area contributed by atoms with Gasteiger partial charge in [-0.2, -0.15) is 0 Å². The number of hydrogen-bond acceptors (Lipinski definition) is 3. The zero-order chi connectivity index (χ0) is 11.5. The Kier molecular flexibility index (Phi) is 2.81. The third-order valence-corrected chi connectivity index (χ3v) is 2.37. The maximum atomic E-state index is 13.1. The molecule has 1 aromatic carbocycles. The molecule has 0 amide bonds. The van der Waals surface area contributed by atoms with Gasteiger partial charge in [0.2, 0.25) is 0 Å². The van der Waals surface area contributed by atoms with E-state index in [9.17, 15) is 4.39 Å². The summed E-state index contributed by atoms with van der Waals surface area (Å²) in [5.41, 5.74) is 2.19. The molecule has 0 saturated heterocycles. The van der Waals surface area contributed by atoms with Crippen LogP contribution in [0.5, 0.6) is 0 Å². The summed E-state index contributed by atoms with van der Waals surface area (Å²) in [6.07, 6.45) is 3.24. The van der Waals surface area contributed by atoms with Crippen molar-refractivity contribution in [3.8, 4) is 11.3 Å². The molecular weight excluding hydrogens is 205 g/mol. The fourth-order valence-corrected chi connectivity index (χ4v) is 1.52. The maximum Gasteiger partial charge on any atom is 0.152 e. The molecule has 0 bridgehead atoms. The summed E-state index contributed by atoms with van der Waals surface area (Å²) in [5.74, 6) is 0.479. The van der Waals surface area contributed by atoms with Crippen LogP contribution in [-0.4, -0.2) is 17.0 Å². The molecular formula is C12H12FN3. The second-order valence-corrected chi connectivity index (χ2v) is 3.47. The standard InChI is InChI=1S/C12H12FN3/c1-8-7-9(3-4-10(8)13)11-12(14-2)16-6-5-15-11/h3-7H,1-2H3,(H,14,16). The molecule has 0 aliphatic rings. The van der Waals surface area contributed by atoms with E-state index >= 15 is 0 Å². The Morgan fingerprint density at radius 2 is 1.94 bits per heavy atom. The zero-order valence-electron chi connectivity index (χ0n) is 9.16. The quantitative estimate of drug-likeness (QED) is 0.840. The number of aromatic nitrogens is 2. The van der Waals surface area contributed by atoms with Gasteiger partial charge < -0.3 is 5.32 Å². The molecule has 82 valence electrons. The summed E-state index contributed by atoms with van der Waals surface area (Å²) in [6, 6.07) is 4.91. The lowest BCUT2D eigenvalue weighted by atomic mass is 10.1. The number of hydrogen-bond donors (Lipinski definition) is 1. The number of nitrogens with zero attached hydrogens (tertiary/aromatic N) is 2. The Morgan fingerprint density at radius 3 is 2.62 bits per heavy atom. The molecule has 0 atom stereocenters. The summed E-state index contributed by atoms with van der Waals surface area (Å²) >= 11 is 0. The lowest BCUT2D eigenvalue weighted by Crippen LogP contribution is -1.97. The fourth-order valence-electron chi connectivity index (χ4n) is 1.52. The van der Waals surface area contributed by atoms with E-state index in [4.69, 9.17) is 0 Å². The smallest absolute Gasteiger partial charge is 0.152 e. The van der Waals surface area contributed by atoms with Crippen LogP contribution >= 0.6 is 0 Å². The molecule has 1 N–H and O–H groups in total. The van der Waals surface area contributed by atoms with Crippen LogP contribution in [0.4, 0.5) is 10.2 Å². The van der Waals surface area contributed by atoms with E-state index in [0.29, 0.717) is 11.4 Å². The van der Waals surface area contributed by atoms with Gasteiger partial charge in [-0.05, 0) is 30.7 Å². The van der Waals surface area contributed by atoms with Crippen molar-refractivity contribution in [2.45, 2.75) is 6.92 Å². The number of rotatable bonds is 2. The highest BCUT2D eigenvalue weighted by molar-refractivity contribution is 5.71. The number of aryl methyl sites for hydroxylation is 1. The fraction of sp³-hybridized carbons (Fsp3) is 0.167. The van der Waals surface area contributed by atoms with Gasteiger partial charge in [0.15, 0.2) is 5.82 Å². The molecule has 2 rings (SSSR count). The average molecular weight is 217 g/mol. The van der Waals surface area contributed by atoms with Crippen LogP contribution in [0.25, 0.3) is 11.3 Å². The molecule has 2 aromatic rings. The highest BCUT2D eigenvalue weighted by Crippen LogP contribution is 2.24. The van der Waals surface area contributed by atoms with Gasteiger partial charge in [-0.3, -0.25) is 4.98 Å². The molecule has 16 heavy (non-hydrogen) atoms. The van der Waals surface area contributed by atoms with E-state index in [-0.39, 0.29) is 5.82 Å². The Morgan fingerprint density at radius 1 is 1.19 bits per heavy atom. The third kappa shape index (κ3) is 1.86. The Labute approximate surface area is 93.4 Å². The minimum Gasteiger partial charge on any atom is -0.371 e. The molecule has 0 unspecified atom stereocenters. The predicted octanol–water partition coefficient (Wildman–Crippen LogP) is 2.63. The molecule has 1 heterocycles. The topological polar surface area (TPSA) is 37.8 Å². The molecule has 0 saturated carbocycles. The van der Waals surface area contributed by atoms with Gasteiger partial charge in [-0.15, -0.1) is 0 Å². The van der Waals surface area contributed by atoms with Crippen molar-refractivity contribution in [1.29, 1.82) is 0 Å². The van der Waals surface area contributed by atoms with Crippen molar-refractivity contribution < 1.29 is 4.39 Å². The summed E-state index contributed by atoms with van der Waals surface area (Å²) in [4.78, 5) is 8.40. The predicted molar refractivity (Wildman–Crippen MR) is 61.7 cm³/mol. The van der Waals surface area contributed by atoms with Gasteiger partial charge >= 0.3 is 0 Å². The van der Waals surface area contributed by atoms with E-state index in [1.807, 2.05) is 0 Å². The number of benzene rings is 1. The van der Waals surface area contributed by atoms with Crippen molar-refractivity contribution in [1.82, 2.24) is 9.97 Å². The van der Waals surface area contributed by atoms with Crippen LogP contribution in [0.1, 0.15) is 5.56 Å². The SMILES string of the molecule is CNc1nccnc1-c1ccc(F)c(C)c1. The highest BCUT2D eigenvalue weighted by Gasteiger charge is 2.07. The van der Waals surface area contributed by atoms with Crippen molar-refractivity contribution in [3.05, 3.63) is 42.0 Å². The average Bonchev–Trinajstić information content (AvgIpc) is 2.32. The number of halogens is 1. The van der Waals surface area contributed by atoms with Crippen LogP contribution in [0.3, 0.4) is 0 Å². The van der Waals surface area contributed by atoms with E-state index < -0.39 is 0 Å². The van der Waals surface area contributed by atoms with Crippen LogP contribution in [-0.2, 0) is 0 Å². The summed E-state index contributed by atoms with van der Waals surface area (Å²) in [5, 5.41) is 2.96. The lowest BCUT2D eigenvalue weighted by molar-refractivity contribution is 0.619. The summed E-state index contributed by atoms with van der Waals surface area (Å²) < 4.78 is 13.1. The van der Waals surface area contributed by atoms with Crippen molar-refractivity contribution in [2.24, 2.45) is 0 Å². The normalized spacial score (nSPS) is 10.2. The van der Waals surface area contributed by atoms with Gasteiger partial charge in [0.25, 0.3) is 0 Å². The van der Waals surface area contributed by atoms with Crippen molar-refractivity contribution in [3.63, 3.8) is 0 Å². The molecule has 0 spiro atoms. The van der Waals surface area contributed by atoms with Gasteiger partial charge in [-0.25, -0.2) is 9.37 Å². The first kappa shape index (κ1) is 10.5. The Hall–Kier alpha value is -1.97. The van der Waals surface area contributed by atoms with E-state index in [1.165, 1.54) is 6.07 Å². The van der Waals surface area contributed by atoms with E-state index in [0.717, 1.165) is 11.3 Å². The van der Waals surface area contributed by atoms with E-state index in [1.54, 1.807) is 38.5 Å². The first-order chi connectivity index (χ1) is 7.72. The molecule has 0 fully saturated rings. The van der Waals surface area contributed by atoms with E-state index in [2.05, 4.69) is 15.3 Å². The Balaban J connectivity index is 2.54. The summed E-state index contributed by atoms with van der Waals surface area (Å²) in [6.45, 7) is 1.73. The van der Waals surface area contributed by atoms with Crippen LogP contribution in [0.2, 0.25) is 0 Å². The second-order valence-electron chi connectivity index (χ2n) is 3.47. The van der Waals surface area contributed by atoms with Gasteiger partial charge in [0.05, 0.1) is 0 Å².